The first-order chi connectivity index (χ1) is 12.4. The summed E-state index contributed by atoms with van der Waals surface area (Å²) < 4.78 is 13.2. The van der Waals surface area contributed by atoms with E-state index in [2.05, 4.69) is 10.3 Å². The van der Waals surface area contributed by atoms with Crippen LogP contribution in [0.5, 0.6) is 0 Å². The predicted molar refractivity (Wildman–Crippen MR) is 106 cm³/mol. The second-order valence-electron chi connectivity index (χ2n) is 5.85. The van der Waals surface area contributed by atoms with Gasteiger partial charge < -0.3 is 10.3 Å². The molecule has 0 spiro atoms. The molecule has 134 valence electrons. The molecule has 0 aliphatic rings. The SMILES string of the molecule is Cc1ccc(Cl)cc1NC(=O)CSCc1cc(=O)c2cc(F)ccc2[nH]1. The van der Waals surface area contributed by atoms with Crippen LogP contribution in [0.15, 0.2) is 47.3 Å². The van der Waals surface area contributed by atoms with E-state index in [1.54, 1.807) is 12.1 Å². The number of rotatable bonds is 5. The van der Waals surface area contributed by atoms with Crippen LogP contribution in [0.2, 0.25) is 5.02 Å². The normalized spacial score (nSPS) is 10.9. The smallest absolute Gasteiger partial charge is 0.234 e. The van der Waals surface area contributed by atoms with Gasteiger partial charge in [0.05, 0.1) is 5.75 Å². The number of carbonyl (C=O) groups is 1. The number of benzene rings is 2. The lowest BCUT2D eigenvalue weighted by molar-refractivity contribution is -0.113. The van der Waals surface area contributed by atoms with Crippen molar-refractivity contribution in [3.05, 3.63) is 74.8 Å². The molecule has 26 heavy (non-hydrogen) atoms. The molecule has 1 heterocycles. The number of pyridine rings is 1. The average molecular weight is 391 g/mol. The van der Waals surface area contributed by atoms with Crippen molar-refractivity contribution in [3.63, 3.8) is 0 Å². The van der Waals surface area contributed by atoms with Crippen molar-refractivity contribution in [3.8, 4) is 0 Å². The second kappa shape index (κ2) is 7.93. The van der Waals surface area contributed by atoms with Gasteiger partial charge in [-0.2, -0.15) is 0 Å². The molecule has 0 saturated heterocycles. The Morgan fingerprint density at radius 2 is 2.04 bits per heavy atom. The number of aromatic amines is 1. The maximum absolute atomic E-state index is 13.2. The van der Waals surface area contributed by atoms with E-state index in [0.29, 0.717) is 33.1 Å². The van der Waals surface area contributed by atoms with Crippen LogP contribution >= 0.6 is 23.4 Å². The Hall–Kier alpha value is -2.31. The monoisotopic (exact) mass is 390 g/mol. The lowest BCUT2D eigenvalue weighted by atomic mass is 10.2. The zero-order valence-electron chi connectivity index (χ0n) is 13.9. The van der Waals surface area contributed by atoms with E-state index in [4.69, 9.17) is 11.6 Å². The minimum Gasteiger partial charge on any atom is -0.357 e. The number of fused-ring (bicyclic) bond motifs is 1. The van der Waals surface area contributed by atoms with E-state index in [1.165, 1.54) is 36.0 Å². The Labute approximate surface area is 158 Å². The fourth-order valence-electron chi connectivity index (χ4n) is 2.52. The van der Waals surface area contributed by atoms with Crippen molar-refractivity contribution in [2.24, 2.45) is 0 Å². The van der Waals surface area contributed by atoms with E-state index in [9.17, 15) is 14.0 Å². The molecule has 3 rings (SSSR count). The zero-order valence-corrected chi connectivity index (χ0v) is 15.5. The third kappa shape index (κ3) is 4.45. The summed E-state index contributed by atoms with van der Waals surface area (Å²) >= 11 is 7.32. The Morgan fingerprint density at radius 1 is 1.23 bits per heavy atom. The maximum Gasteiger partial charge on any atom is 0.234 e. The number of aryl methyl sites for hydroxylation is 1. The summed E-state index contributed by atoms with van der Waals surface area (Å²) in [6.07, 6.45) is 0. The Balaban J connectivity index is 1.62. The van der Waals surface area contributed by atoms with Gasteiger partial charge in [-0.25, -0.2) is 4.39 Å². The highest BCUT2D eigenvalue weighted by Gasteiger charge is 2.08. The molecule has 3 aromatic rings. The van der Waals surface area contributed by atoms with E-state index in [-0.39, 0.29) is 17.1 Å². The first-order valence-corrected chi connectivity index (χ1v) is 9.41. The second-order valence-corrected chi connectivity index (χ2v) is 7.27. The lowest BCUT2D eigenvalue weighted by Crippen LogP contribution is -2.15. The van der Waals surface area contributed by atoms with E-state index < -0.39 is 5.82 Å². The Kier molecular flexibility index (Phi) is 5.64. The van der Waals surface area contributed by atoms with Gasteiger partial charge in [0.25, 0.3) is 0 Å². The number of nitrogens with one attached hydrogen (secondary N) is 2. The molecule has 0 bridgehead atoms. The summed E-state index contributed by atoms with van der Waals surface area (Å²) in [7, 11) is 0. The van der Waals surface area contributed by atoms with Crippen molar-refractivity contribution in [2.75, 3.05) is 11.1 Å². The molecule has 1 aromatic heterocycles. The highest BCUT2D eigenvalue weighted by molar-refractivity contribution is 7.99. The number of H-pyrrole nitrogens is 1. The number of carbonyl (C=O) groups excluding carboxylic acids is 1. The van der Waals surface area contributed by atoms with Crippen LogP contribution in [0.4, 0.5) is 10.1 Å². The third-order valence-electron chi connectivity index (χ3n) is 3.81. The summed E-state index contributed by atoms with van der Waals surface area (Å²) in [6.45, 7) is 1.89. The van der Waals surface area contributed by atoms with Crippen molar-refractivity contribution in [1.29, 1.82) is 0 Å². The predicted octanol–water partition coefficient (Wildman–Crippen LogP) is 4.50. The van der Waals surface area contributed by atoms with Gasteiger partial charge in [0, 0.05) is 39.1 Å². The fraction of sp³-hybridized carbons (Fsp3) is 0.158. The summed E-state index contributed by atoms with van der Waals surface area (Å²) in [5.74, 6) is 0.101. The lowest BCUT2D eigenvalue weighted by Gasteiger charge is -2.09. The minimum absolute atomic E-state index is 0.148. The Morgan fingerprint density at radius 3 is 2.85 bits per heavy atom. The van der Waals surface area contributed by atoms with Gasteiger partial charge in [-0.1, -0.05) is 17.7 Å². The van der Waals surface area contributed by atoms with Gasteiger partial charge >= 0.3 is 0 Å². The number of thioether (sulfide) groups is 1. The van der Waals surface area contributed by atoms with Gasteiger partial charge in [-0.3, -0.25) is 9.59 Å². The molecule has 0 saturated carbocycles. The Bertz CT molecular complexity index is 1040. The van der Waals surface area contributed by atoms with Gasteiger partial charge in [0.15, 0.2) is 5.43 Å². The van der Waals surface area contributed by atoms with Crippen molar-refractivity contribution in [2.45, 2.75) is 12.7 Å². The molecule has 0 fully saturated rings. The quantitative estimate of drug-likeness (QED) is 0.674. The number of halogens is 2. The van der Waals surface area contributed by atoms with Crippen LogP contribution in [-0.2, 0) is 10.5 Å². The molecule has 7 heteroatoms. The van der Waals surface area contributed by atoms with Gasteiger partial charge in [-0.15, -0.1) is 11.8 Å². The first kappa shape index (κ1) is 18.5. The van der Waals surface area contributed by atoms with Crippen LogP contribution in [0.25, 0.3) is 10.9 Å². The minimum atomic E-state index is -0.446. The summed E-state index contributed by atoms with van der Waals surface area (Å²) in [5.41, 5.74) is 2.63. The van der Waals surface area contributed by atoms with E-state index >= 15 is 0 Å². The summed E-state index contributed by atoms with van der Waals surface area (Å²) in [5, 5.41) is 3.70. The number of aromatic nitrogens is 1. The fourth-order valence-corrected chi connectivity index (χ4v) is 3.43. The number of anilines is 1. The molecule has 1 amide bonds. The molecular formula is C19H16ClFN2O2S. The summed E-state index contributed by atoms with van der Waals surface area (Å²) in [4.78, 5) is 27.3. The van der Waals surface area contributed by atoms with E-state index in [1.807, 2.05) is 13.0 Å². The third-order valence-corrected chi connectivity index (χ3v) is 5.03. The maximum atomic E-state index is 13.2. The van der Waals surface area contributed by atoms with E-state index in [0.717, 1.165) is 5.56 Å². The summed E-state index contributed by atoms with van der Waals surface area (Å²) in [6, 6.07) is 10.8. The van der Waals surface area contributed by atoms with Crippen LogP contribution in [0, 0.1) is 12.7 Å². The van der Waals surface area contributed by atoms with Gasteiger partial charge in [0.2, 0.25) is 5.91 Å². The molecule has 4 nitrogen and oxygen atoms in total. The molecule has 0 aliphatic heterocycles. The van der Waals surface area contributed by atoms with Crippen LogP contribution in [0.1, 0.15) is 11.3 Å². The van der Waals surface area contributed by atoms with Crippen LogP contribution < -0.4 is 10.7 Å². The molecule has 0 aliphatic carbocycles. The molecule has 0 radical (unpaired) electrons. The average Bonchev–Trinajstić information content (AvgIpc) is 2.59. The van der Waals surface area contributed by atoms with Gasteiger partial charge in [-0.05, 0) is 42.8 Å². The highest BCUT2D eigenvalue weighted by Crippen LogP contribution is 2.21. The molecule has 2 aromatic carbocycles. The zero-order chi connectivity index (χ0) is 18.7. The molecule has 2 N–H and O–H groups in total. The standard InChI is InChI=1S/C19H16ClFN2O2S/c1-11-2-3-12(20)6-17(11)23-19(25)10-26-9-14-8-18(24)15-7-13(21)4-5-16(15)22-14/h2-8H,9-10H2,1H3,(H,22,24)(H,23,25). The largest absolute Gasteiger partial charge is 0.357 e. The van der Waals surface area contributed by atoms with Crippen LogP contribution in [0.3, 0.4) is 0 Å². The van der Waals surface area contributed by atoms with Crippen molar-refractivity contribution in [1.82, 2.24) is 4.98 Å². The number of hydrogen-bond acceptors (Lipinski definition) is 3. The topological polar surface area (TPSA) is 62.0 Å². The highest BCUT2D eigenvalue weighted by atomic mass is 35.5. The molecular weight excluding hydrogens is 375 g/mol. The number of amides is 1. The van der Waals surface area contributed by atoms with Crippen LogP contribution in [-0.4, -0.2) is 16.6 Å². The first-order valence-electron chi connectivity index (χ1n) is 7.87. The molecule has 0 unspecified atom stereocenters. The molecule has 0 atom stereocenters. The number of hydrogen-bond donors (Lipinski definition) is 2. The van der Waals surface area contributed by atoms with Gasteiger partial charge in [0.1, 0.15) is 5.82 Å². The van der Waals surface area contributed by atoms with Crippen molar-refractivity contribution < 1.29 is 9.18 Å². The van der Waals surface area contributed by atoms with Crippen molar-refractivity contribution >= 4 is 45.9 Å².